The lowest BCUT2D eigenvalue weighted by Gasteiger charge is -2.24. The molecule has 0 N–H and O–H groups in total. The number of aromatic nitrogens is 3. The van der Waals surface area contributed by atoms with Crippen molar-refractivity contribution in [2.24, 2.45) is 24.8 Å². The Bertz CT molecular complexity index is 656. The van der Waals surface area contributed by atoms with Gasteiger partial charge in [0, 0.05) is 26.1 Å². The molecule has 0 aromatic carbocycles. The molecule has 2 aliphatic carbocycles. The Kier molecular flexibility index (Phi) is 3.52. The number of fused-ring (bicyclic) bond motifs is 2. The van der Waals surface area contributed by atoms with Crippen LogP contribution in [0.4, 0.5) is 0 Å². The summed E-state index contributed by atoms with van der Waals surface area (Å²) >= 11 is 0. The van der Waals surface area contributed by atoms with Crippen molar-refractivity contribution in [3.8, 4) is 0 Å². The molecule has 3 fully saturated rings. The van der Waals surface area contributed by atoms with Crippen LogP contribution < -0.4 is 0 Å². The summed E-state index contributed by atoms with van der Waals surface area (Å²) in [6.07, 6.45) is 7.49. The molecule has 2 bridgehead atoms. The quantitative estimate of drug-likeness (QED) is 0.839. The molecule has 6 nitrogen and oxygen atoms in total. The molecule has 0 amide bonds. The summed E-state index contributed by atoms with van der Waals surface area (Å²) in [6, 6.07) is 0. The molecule has 1 aliphatic heterocycles. The van der Waals surface area contributed by atoms with Gasteiger partial charge >= 0.3 is 0 Å². The second-order valence-electron chi connectivity index (χ2n) is 7.36. The molecule has 4 atom stereocenters. The van der Waals surface area contributed by atoms with Crippen LogP contribution in [0, 0.1) is 17.8 Å². The van der Waals surface area contributed by atoms with Crippen LogP contribution in [0.15, 0.2) is 6.33 Å². The zero-order valence-electron chi connectivity index (χ0n) is 13.1. The second kappa shape index (κ2) is 5.30. The van der Waals surface area contributed by atoms with Gasteiger partial charge in [0.2, 0.25) is 10.0 Å². The van der Waals surface area contributed by atoms with Gasteiger partial charge in [0.15, 0.2) is 0 Å². The molecule has 2 heterocycles. The van der Waals surface area contributed by atoms with Gasteiger partial charge in [-0.25, -0.2) is 12.7 Å². The van der Waals surface area contributed by atoms with E-state index >= 15 is 0 Å². The molecular weight excluding hydrogens is 300 g/mol. The molecule has 122 valence electrons. The minimum absolute atomic E-state index is 0.183. The topological polar surface area (TPSA) is 68.1 Å². The number of rotatable bonds is 4. The van der Waals surface area contributed by atoms with E-state index in [9.17, 15) is 8.42 Å². The fourth-order valence-corrected chi connectivity index (χ4v) is 6.76. The fraction of sp³-hybridized carbons (Fsp3) is 0.867. The van der Waals surface area contributed by atoms with Crippen molar-refractivity contribution < 1.29 is 8.42 Å². The van der Waals surface area contributed by atoms with E-state index in [-0.39, 0.29) is 5.92 Å². The van der Waals surface area contributed by atoms with E-state index in [1.54, 1.807) is 10.6 Å². The third-order valence-electron chi connectivity index (χ3n) is 5.97. The van der Waals surface area contributed by atoms with Gasteiger partial charge in [-0.05, 0) is 43.4 Å². The van der Waals surface area contributed by atoms with Gasteiger partial charge < -0.3 is 4.57 Å². The number of hydrogen-bond donors (Lipinski definition) is 0. The van der Waals surface area contributed by atoms with Crippen LogP contribution in [0.5, 0.6) is 0 Å². The van der Waals surface area contributed by atoms with Crippen LogP contribution in [0.1, 0.15) is 43.8 Å². The molecule has 1 aromatic heterocycles. The van der Waals surface area contributed by atoms with E-state index in [0.717, 1.165) is 24.6 Å². The first-order valence-electron chi connectivity index (χ1n) is 8.34. The highest BCUT2D eigenvalue weighted by Gasteiger charge is 2.43. The maximum Gasteiger partial charge on any atom is 0.214 e. The molecule has 3 aliphatic rings. The molecule has 2 saturated carbocycles. The second-order valence-corrected chi connectivity index (χ2v) is 9.37. The first-order valence-corrected chi connectivity index (χ1v) is 9.95. The van der Waals surface area contributed by atoms with Crippen LogP contribution in [-0.4, -0.2) is 46.3 Å². The van der Waals surface area contributed by atoms with Gasteiger partial charge in [-0.3, -0.25) is 0 Å². The van der Waals surface area contributed by atoms with Crippen LogP contribution in [-0.2, 0) is 17.1 Å². The molecule has 0 radical (unpaired) electrons. The summed E-state index contributed by atoms with van der Waals surface area (Å²) in [6.45, 7) is 1.19. The molecule has 1 aromatic rings. The van der Waals surface area contributed by atoms with Crippen LogP contribution >= 0.6 is 0 Å². The summed E-state index contributed by atoms with van der Waals surface area (Å²) in [5.74, 6) is 3.31. The van der Waals surface area contributed by atoms with Crippen molar-refractivity contribution in [1.29, 1.82) is 0 Å². The van der Waals surface area contributed by atoms with Gasteiger partial charge in [0.05, 0.1) is 5.75 Å². The maximum atomic E-state index is 12.7. The maximum absolute atomic E-state index is 12.7. The Morgan fingerprint density at radius 3 is 2.77 bits per heavy atom. The first kappa shape index (κ1) is 14.6. The number of nitrogens with zero attached hydrogens (tertiary/aromatic N) is 4. The molecule has 7 heteroatoms. The summed E-state index contributed by atoms with van der Waals surface area (Å²) < 4.78 is 29.1. The van der Waals surface area contributed by atoms with Gasteiger partial charge in [0.25, 0.3) is 0 Å². The first-order chi connectivity index (χ1) is 10.5. The Morgan fingerprint density at radius 2 is 2.14 bits per heavy atom. The van der Waals surface area contributed by atoms with Crippen molar-refractivity contribution in [3.05, 3.63) is 12.2 Å². The molecule has 0 spiro atoms. The van der Waals surface area contributed by atoms with E-state index in [1.807, 2.05) is 11.6 Å². The molecule has 22 heavy (non-hydrogen) atoms. The third kappa shape index (κ3) is 2.48. The van der Waals surface area contributed by atoms with E-state index in [0.29, 0.717) is 30.7 Å². The lowest BCUT2D eigenvalue weighted by Crippen LogP contribution is -2.34. The van der Waals surface area contributed by atoms with Crippen molar-refractivity contribution in [2.75, 3.05) is 18.8 Å². The van der Waals surface area contributed by atoms with Gasteiger partial charge in [0.1, 0.15) is 12.2 Å². The van der Waals surface area contributed by atoms with E-state index in [4.69, 9.17) is 0 Å². The van der Waals surface area contributed by atoms with Crippen molar-refractivity contribution in [1.82, 2.24) is 19.1 Å². The monoisotopic (exact) mass is 324 g/mol. The predicted octanol–water partition coefficient (Wildman–Crippen LogP) is 1.37. The Morgan fingerprint density at radius 1 is 1.27 bits per heavy atom. The lowest BCUT2D eigenvalue weighted by atomic mass is 9.90. The molecule has 1 saturated heterocycles. The summed E-state index contributed by atoms with van der Waals surface area (Å²) in [4.78, 5) is 0. The van der Waals surface area contributed by atoms with Crippen LogP contribution in [0.2, 0.25) is 0 Å². The largest absolute Gasteiger partial charge is 0.320 e. The Balaban J connectivity index is 1.42. The van der Waals surface area contributed by atoms with E-state index in [1.165, 1.54) is 19.3 Å². The minimum Gasteiger partial charge on any atom is -0.320 e. The fourth-order valence-electron chi connectivity index (χ4n) is 4.81. The molecular formula is C15H24N4O2S. The number of aryl methyl sites for hydroxylation is 1. The zero-order valence-corrected chi connectivity index (χ0v) is 13.9. The van der Waals surface area contributed by atoms with E-state index in [2.05, 4.69) is 10.2 Å². The predicted molar refractivity (Wildman–Crippen MR) is 82.7 cm³/mol. The van der Waals surface area contributed by atoms with Crippen molar-refractivity contribution in [2.45, 2.75) is 38.0 Å². The van der Waals surface area contributed by atoms with Crippen molar-refractivity contribution >= 4 is 10.0 Å². The Hall–Kier alpha value is -0.950. The summed E-state index contributed by atoms with van der Waals surface area (Å²) in [5.41, 5.74) is 0. The highest BCUT2D eigenvalue weighted by molar-refractivity contribution is 7.89. The number of sulfonamides is 1. The SMILES string of the molecule is Cn1cnnc1C1CCN(S(=O)(=O)CC2CC3CCC2C3)C1. The van der Waals surface area contributed by atoms with Crippen LogP contribution in [0.25, 0.3) is 0 Å². The smallest absolute Gasteiger partial charge is 0.214 e. The van der Waals surface area contributed by atoms with Crippen molar-refractivity contribution in [3.63, 3.8) is 0 Å². The molecule has 4 rings (SSSR count). The lowest BCUT2D eigenvalue weighted by molar-refractivity contribution is 0.352. The summed E-state index contributed by atoms with van der Waals surface area (Å²) in [7, 11) is -1.21. The third-order valence-corrected chi connectivity index (χ3v) is 7.93. The molecule has 4 unspecified atom stereocenters. The number of hydrogen-bond acceptors (Lipinski definition) is 4. The summed E-state index contributed by atoms with van der Waals surface area (Å²) in [5, 5.41) is 8.05. The normalized spacial score (nSPS) is 35.5. The average Bonchev–Trinajstić information content (AvgIpc) is 3.21. The van der Waals surface area contributed by atoms with Gasteiger partial charge in [-0.15, -0.1) is 10.2 Å². The van der Waals surface area contributed by atoms with Crippen LogP contribution in [0.3, 0.4) is 0 Å². The van der Waals surface area contributed by atoms with E-state index < -0.39 is 10.0 Å². The standard InChI is InChI=1S/C15H24N4O2S/c1-18-10-16-17-15(18)13-4-5-19(8-13)22(20,21)9-14-7-11-2-3-12(14)6-11/h10-14H,2-9H2,1H3. The van der Waals surface area contributed by atoms with Gasteiger partial charge in [-0.1, -0.05) is 6.42 Å². The average molecular weight is 324 g/mol. The highest BCUT2D eigenvalue weighted by Crippen LogP contribution is 2.49. The Labute approximate surface area is 132 Å². The van der Waals surface area contributed by atoms with Gasteiger partial charge in [-0.2, -0.15) is 0 Å². The highest BCUT2D eigenvalue weighted by atomic mass is 32.2. The zero-order chi connectivity index (χ0) is 15.3. The minimum atomic E-state index is -3.13.